The predicted octanol–water partition coefficient (Wildman–Crippen LogP) is 2.37. The maximum atomic E-state index is 5.83. The maximum absolute atomic E-state index is 5.83. The molecule has 78 valence electrons. The van der Waals surface area contributed by atoms with Crippen LogP contribution in [0.15, 0.2) is 24.3 Å². The topological polar surface area (TPSA) is 30.5 Å². The average Bonchev–Trinajstić information content (AvgIpc) is 2.19. The maximum Gasteiger partial charge on any atom is 0.173 e. The molecule has 0 spiro atoms. The summed E-state index contributed by atoms with van der Waals surface area (Å²) in [6, 6.07) is 7.51. The fraction of sp³-hybridized carbons (Fsp3) is 0.400. The summed E-state index contributed by atoms with van der Waals surface area (Å²) in [6.07, 6.45) is -0.242. The first kappa shape index (κ1) is 11.3. The predicted molar refractivity (Wildman–Crippen MR) is 57.7 cm³/mol. The Morgan fingerprint density at radius 1 is 1.36 bits per heavy atom. The zero-order valence-electron chi connectivity index (χ0n) is 8.29. The standard InChI is InChI=1S/C10H14ClNO2/c1-13-10(14-2)7-12-9-5-3-4-8(11)6-9/h3-6,10,12H,7H2,1-2H3. The summed E-state index contributed by atoms with van der Waals surface area (Å²) < 4.78 is 10.1. The quantitative estimate of drug-likeness (QED) is 0.765. The summed E-state index contributed by atoms with van der Waals surface area (Å²) in [5.74, 6) is 0. The number of hydrogen-bond donors (Lipinski definition) is 1. The van der Waals surface area contributed by atoms with Crippen molar-refractivity contribution in [3.63, 3.8) is 0 Å². The van der Waals surface area contributed by atoms with Crippen LogP contribution in [0.4, 0.5) is 5.69 Å². The minimum Gasteiger partial charge on any atom is -0.380 e. The second kappa shape index (κ2) is 5.86. The van der Waals surface area contributed by atoms with Gasteiger partial charge in [0.05, 0.1) is 6.54 Å². The minimum absolute atomic E-state index is 0.242. The molecule has 3 nitrogen and oxygen atoms in total. The van der Waals surface area contributed by atoms with E-state index in [1.165, 1.54) is 0 Å². The Morgan fingerprint density at radius 3 is 2.64 bits per heavy atom. The molecule has 1 aromatic rings. The number of halogens is 1. The Kier molecular flexibility index (Phi) is 4.73. The zero-order chi connectivity index (χ0) is 10.4. The van der Waals surface area contributed by atoms with E-state index in [9.17, 15) is 0 Å². The Labute approximate surface area is 89.0 Å². The highest BCUT2D eigenvalue weighted by atomic mass is 35.5. The molecule has 0 aliphatic rings. The molecule has 0 bridgehead atoms. The third-order valence-electron chi connectivity index (χ3n) is 1.82. The SMILES string of the molecule is COC(CNc1cccc(Cl)c1)OC. The van der Waals surface area contributed by atoms with Crippen molar-refractivity contribution in [2.24, 2.45) is 0 Å². The van der Waals surface area contributed by atoms with Crippen LogP contribution in [-0.2, 0) is 9.47 Å². The van der Waals surface area contributed by atoms with Gasteiger partial charge in [-0.3, -0.25) is 0 Å². The Morgan fingerprint density at radius 2 is 2.07 bits per heavy atom. The van der Waals surface area contributed by atoms with E-state index in [0.717, 1.165) is 5.69 Å². The summed E-state index contributed by atoms with van der Waals surface area (Å²) >= 11 is 5.83. The molecule has 0 saturated heterocycles. The first-order valence-corrected chi connectivity index (χ1v) is 4.69. The van der Waals surface area contributed by atoms with Crippen LogP contribution in [-0.4, -0.2) is 27.1 Å². The molecule has 1 aromatic carbocycles. The summed E-state index contributed by atoms with van der Waals surface area (Å²) in [5.41, 5.74) is 0.955. The van der Waals surface area contributed by atoms with E-state index in [0.29, 0.717) is 11.6 Å². The van der Waals surface area contributed by atoms with Crippen LogP contribution >= 0.6 is 11.6 Å². The summed E-state index contributed by atoms with van der Waals surface area (Å²) in [7, 11) is 3.21. The Hall–Kier alpha value is -0.770. The number of hydrogen-bond acceptors (Lipinski definition) is 3. The number of benzene rings is 1. The van der Waals surface area contributed by atoms with Crippen LogP contribution < -0.4 is 5.32 Å². The third-order valence-corrected chi connectivity index (χ3v) is 2.06. The normalized spacial score (nSPS) is 10.6. The lowest BCUT2D eigenvalue weighted by Crippen LogP contribution is -2.23. The molecule has 0 aliphatic carbocycles. The van der Waals surface area contributed by atoms with Crippen LogP contribution in [0.2, 0.25) is 5.02 Å². The molecule has 0 heterocycles. The van der Waals surface area contributed by atoms with Gasteiger partial charge in [0.15, 0.2) is 6.29 Å². The minimum atomic E-state index is -0.242. The van der Waals surface area contributed by atoms with E-state index in [1.54, 1.807) is 14.2 Å². The van der Waals surface area contributed by atoms with E-state index in [1.807, 2.05) is 24.3 Å². The van der Waals surface area contributed by atoms with Gasteiger partial charge in [-0.05, 0) is 18.2 Å². The van der Waals surface area contributed by atoms with Crippen molar-refractivity contribution in [1.82, 2.24) is 0 Å². The van der Waals surface area contributed by atoms with Crippen molar-refractivity contribution in [1.29, 1.82) is 0 Å². The van der Waals surface area contributed by atoms with Crippen molar-refractivity contribution in [3.05, 3.63) is 29.3 Å². The second-order valence-corrected chi connectivity index (χ2v) is 3.23. The molecular weight excluding hydrogens is 202 g/mol. The van der Waals surface area contributed by atoms with E-state index in [-0.39, 0.29) is 6.29 Å². The number of nitrogens with one attached hydrogen (secondary N) is 1. The lowest BCUT2D eigenvalue weighted by Gasteiger charge is -2.14. The lowest BCUT2D eigenvalue weighted by atomic mass is 10.3. The van der Waals surface area contributed by atoms with Gasteiger partial charge in [0.1, 0.15) is 0 Å². The molecule has 0 unspecified atom stereocenters. The van der Waals surface area contributed by atoms with Crippen molar-refractivity contribution in [2.75, 3.05) is 26.1 Å². The van der Waals surface area contributed by atoms with Crippen molar-refractivity contribution < 1.29 is 9.47 Å². The van der Waals surface area contributed by atoms with Gasteiger partial charge in [0.2, 0.25) is 0 Å². The van der Waals surface area contributed by atoms with Crippen LogP contribution in [0, 0.1) is 0 Å². The number of methoxy groups -OCH3 is 2. The molecular formula is C10H14ClNO2. The summed E-state index contributed by atoms with van der Waals surface area (Å²) in [4.78, 5) is 0. The molecule has 0 fully saturated rings. The highest BCUT2D eigenvalue weighted by Gasteiger charge is 2.03. The fourth-order valence-electron chi connectivity index (χ4n) is 1.06. The first-order valence-electron chi connectivity index (χ1n) is 4.31. The fourth-order valence-corrected chi connectivity index (χ4v) is 1.25. The van der Waals surface area contributed by atoms with E-state index >= 15 is 0 Å². The molecule has 0 aliphatic heterocycles. The lowest BCUT2D eigenvalue weighted by molar-refractivity contribution is -0.0914. The number of ether oxygens (including phenoxy) is 2. The van der Waals surface area contributed by atoms with Crippen LogP contribution in [0.5, 0.6) is 0 Å². The molecule has 0 saturated carbocycles. The van der Waals surface area contributed by atoms with E-state index < -0.39 is 0 Å². The molecule has 0 atom stereocenters. The molecule has 1 rings (SSSR count). The van der Waals surface area contributed by atoms with Gasteiger partial charge < -0.3 is 14.8 Å². The average molecular weight is 216 g/mol. The van der Waals surface area contributed by atoms with Crippen molar-refractivity contribution in [3.8, 4) is 0 Å². The van der Waals surface area contributed by atoms with Crippen LogP contribution in [0.1, 0.15) is 0 Å². The Balaban J connectivity index is 2.44. The summed E-state index contributed by atoms with van der Waals surface area (Å²) in [5, 5.41) is 3.86. The summed E-state index contributed by atoms with van der Waals surface area (Å²) in [6.45, 7) is 0.591. The van der Waals surface area contributed by atoms with Crippen molar-refractivity contribution >= 4 is 17.3 Å². The van der Waals surface area contributed by atoms with Gasteiger partial charge in [-0.15, -0.1) is 0 Å². The molecule has 0 amide bonds. The van der Waals surface area contributed by atoms with Gasteiger partial charge >= 0.3 is 0 Å². The molecule has 14 heavy (non-hydrogen) atoms. The largest absolute Gasteiger partial charge is 0.380 e. The highest BCUT2D eigenvalue weighted by Crippen LogP contribution is 2.14. The van der Waals surface area contributed by atoms with Gasteiger partial charge in [-0.2, -0.15) is 0 Å². The molecule has 1 N–H and O–H groups in total. The number of anilines is 1. The van der Waals surface area contributed by atoms with Gasteiger partial charge in [-0.1, -0.05) is 17.7 Å². The third kappa shape index (κ3) is 3.54. The van der Waals surface area contributed by atoms with Crippen molar-refractivity contribution in [2.45, 2.75) is 6.29 Å². The monoisotopic (exact) mass is 215 g/mol. The van der Waals surface area contributed by atoms with Crippen LogP contribution in [0.25, 0.3) is 0 Å². The molecule has 4 heteroatoms. The second-order valence-electron chi connectivity index (χ2n) is 2.79. The van der Waals surface area contributed by atoms with E-state index in [2.05, 4.69) is 5.32 Å². The Bertz CT molecular complexity index is 277. The first-order chi connectivity index (χ1) is 6.76. The van der Waals surface area contributed by atoms with Gasteiger partial charge in [-0.25, -0.2) is 0 Å². The van der Waals surface area contributed by atoms with Gasteiger partial charge in [0.25, 0.3) is 0 Å². The van der Waals surface area contributed by atoms with Crippen LogP contribution in [0.3, 0.4) is 0 Å². The number of rotatable bonds is 5. The molecule has 0 radical (unpaired) electrons. The highest BCUT2D eigenvalue weighted by molar-refractivity contribution is 6.30. The smallest absolute Gasteiger partial charge is 0.173 e. The van der Waals surface area contributed by atoms with Gasteiger partial charge in [0, 0.05) is 24.9 Å². The molecule has 0 aromatic heterocycles. The van der Waals surface area contributed by atoms with E-state index in [4.69, 9.17) is 21.1 Å². The zero-order valence-corrected chi connectivity index (χ0v) is 9.04.